The lowest BCUT2D eigenvalue weighted by atomic mass is 10.3. The number of ether oxygens (including phenoxy) is 1. The lowest BCUT2D eigenvalue weighted by Crippen LogP contribution is -1.99. The van der Waals surface area contributed by atoms with E-state index in [4.69, 9.17) is 10.00 Å². The largest absolute Gasteiger partial charge is 0.471 e. The Labute approximate surface area is 107 Å². The number of hydrogen-bond acceptors (Lipinski definition) is 4. The molecule has 2 heterocycles. The Balaban J connectivity index is 2.00. The van der Waals surface area contributed by atoms with Crippen LogP contribution in [0.4, 0.5) is 0 Å². The van der Waals surface area contributed by atoms with Crippen LogP contribution in [-0.4, -0.2) is 9.97 Å². The normalized spacial score (nSPS) is 9.65. The van der Waals surface area contributed by atoms with E-state index in [0.717, 1.165) is 10.3 Å². The van der Waals surface area contributed by atoms with Crippen molar-refractivity contribution in [2.45, 2.75) is 6.61 Å². The minimum absolute atomic E-state index is 0.329. The zero-order valence-electron chi connectivity index (χ0n) is 8.80. The van der Waals surface area contributed by atoms with Gasteiger partial charge in [0.15, 0.2) is 0 Å². The summed E-state index contributed by atoms with van der Waals surface area (Å²) in [6.07, 6.45) is 1.52. The molecular formula is C12H8BrN3O. The lowest BCUT2D eigenvalue weighted by Gasteiger charge is -2.04. The molecule has 0 amide bonds. The third kappa shape index (κ3) is 3.26. The minimum Gasteiger partial charge on any atom is -0.471 e. The van der Waals surface area contributed by atoms with Crippen molar-refractivity contribution >= 4 is 15.9 Å². The van der Waals surface area contributed by atoms with Gasteiger partial charge in [0.2, 0.25) is 5.88 Å². The first kappa shape index (κ1) is 11.6. The Morgan fingerprint density at radius 1 is 1.29 bits per heavy atom. The van der Waals surface area contributed by atoms with Gasteiger partial charge in [0.25, 0.3) is 0 Å². The van der Waals surface area contributed by atoms with E-state index in [1.54, 1.807) is 18.2 Å². The first-order chi connectivity index (χ1) is 8.28. The molecule has 0 aliphatic carbocycles. The smallest absolute Gasteiger partial charge is 0.214 e. The molecule has 0 aliphatic heterocycles. The number of halogens is 1. The lowest BCUT2D eigenvalue weighted by molar-refractivity contribution is 0.289. The zero-order valence-corrected chi connectivity index (χ0v) is 10.4. The topological polar surface area (TPSA) is 58.8 Å². The Hall–Kier alpha value is -1.93. The fourth-order valence-corrected chi connectivity index (χ4v) is 1.52. The van der Waals surface area contributed by atoms with E-state index in [-0.39, 0.29) is 0 Å². The van der Waals surface area contributed by atoms with Crippen LogP contribution in [0.5, 0.6) is 5.88 Å². The van der Waals surface area contributed by atoms with Gasteiger partial charge in [0.05, 0.1) is 11.3 Å². The van der Waals surface area contributed by atoms with Crippen LogP contribution in [0.15, 0.2) is 41.1 Å². The predicted molar refractivity (Wildman–Crippen MR) is 65.2 cm³/mol. The van der Waals surface area contributed by atoms with E-state index < -0.39 is 0 Å². The number of pyridine rings is 2. The number of nitriles is 1. The van der Waals surface area contributed by atoms with E-state index >= 15 is 0 Å². The van der Waals surface area contributed by atoms with Gasteiger partial charge in [0, 0.05) is 12.3 Å². The molecule has 4 nitrogen and oxygen atoms in total. The summed E-state index contributed by atoms with van der Waals surface area (Å²) < 4.78 is 6.18. The maximum absolute atomic E-state index is 8.63. The van der Waals surface area contributed by atoms with E-state index in [1.807, 2.05) is 18.2 Å². The Morgan fingerprint density at radius 3 is 2.82 bits per heavy atom. The van der Waals surface area contributed by atoms with Gasteiger partial charge in [-0.15, -0.1) is 0 Å². The average Bonchev–Trinajstić information content (AvgIpc) is 2.37. The standard InChI is InChI=1S/C12H8BrN3O/c13-11-2-1-3-12(16-11)17-8-10-5-4-9(6-14)7-15-10/h1-5,7H,8H2. The van der Waals surface area contributed by atoms with Gasteiger partial charge in [-0.3, -0.25) is 4.98 Å². The highest BCUT2D eigenvalue weighted by Gasteiger charge is 1.99. The van der Waals surface area contributed by atoms with Gasteiger partial charge in [-0.1, -0.05) is 6.07 Å². The summed E-state index contributed by atoms with van der Waals surface area (Å²) >= 11 is 3.26. The molecule has 0 saturated carbocycles. The monoisotopic (exact) mass is 289 g/mol. The molecule has 2 aromatic rings. The summed E-state index contributed by atoms with van der Waals surface area (Å²) in [7, 11) is 0. The highest BCUT2D eigenvalue weighted by atomic mass is 79.9. The van der Waals surface area contributed by atoms with Crippen LogP contribution in [0.2, 0.25) is 0 Å². The fourth-order valence-electron chi connectivity index (χ4n) is 1.19. The second-order valence-corrected chi connectivity index (χ2v) is 4.05. The highest BCUT2D eigenvalue weighted by molar-refractivity contribution is 9.10. The van der Waals surface area contributed by atoms with Crippen LogP contribution in [0.3, 0.4) is 0 Å². The highest BCUT2D eigenvalue weighted by Crippen LogP contribution is 2.13. The van der Waals surface area contributed by atoms with Crippen LogP contribution >= 0.6 is 15.9 Å². The first-order valence-electron chi connectivity index (χ1n) is 4.88. The molecule has 2 rings (SSSR count). The van der Waals surface area contributed by atoms with Crippen molar-refractivity contribution in [2.24, 2.45) is 0 Å². The molecular weight excluding hydrogens is 282 g/mol. The number of nitrogens with zero attached hydrogens (tertiary/aromatic N) is 3. The second-order valence-electron chi connectivity index (χ2n) is 3.24. The molecule has 0 unspecified atom stereocenters. The van der Waals surface area contributed by atoms with Crippen molar-refractivity contribution in [3.05, 3.63) is 52.4 Å². The van der Waals surface area contributed by atoms with Crippen LogP contribution in [-0.2, 0) is 6.61 Å². The first-order valence-corrected chi connectivity index (χ1v) is 5.67. The van der Waals surface area contributed by atoms with Gasteiger partial charge in [-0.05, 0) is 34.1 Å². The summed E-state index contributed by atoms with van der Waals surface area (Å²) in [6.45, 7) is 0.329. The summed E-state index contributed by atoms with van der Waals surface area (Å²) in [4.78, 5) is 8.24. The van der Waals surface area contributed by atoms with E-state index in [0.29, 0.717) is 18.1 Å². The van der Waals surface area contributed by atoms with Crippen molar-refractivity contribution < 1.29 is 4.74 Å². The number of rotatable bonds is 3. The molecule has 0 bridgehead atoms. The molecule has 0 spiro atoms. The quantitative estimate of drug-likeness (QED) is 0.815. The average molecular weight is 290 g/mol. The summed E-state index contributed by atoms with van der Waals surface area (Å²) in [6, 6.07) is 10.9. The van der Waals surface area contributed by atoms with Crippen LogP contribution in [0.25, 0.3) is 0 Å². The number of aromatic nitrogens is 2. The van der Waals surface area contributed by atoms with Gasteiger partial charge >= 0.3 is 0 Å². The summed E-state index contributed by atoms with van der Waals surface area (Å²) in [5.41, 5.74) is 1.29. The van der Waals surface area contributed by atoms with Crippen LogP contribution < -0.4 is 4.74 Å². The molecule has 0 aromatic carbocycles. The molecule has 2 aromatic heterocycles. The van der Waals surface area contributed by atoms with Crippen molar-refractivity contribution in [1.29, 1.82) is 5.26 Å². The minimum atomic E-state index is 0.329. The SMILES string of the molecule is N#Cc1ccc(COc2cccc(Br)n2)nc1. The van der Waals surface area contributed by atoms with Crippen LogP contribution in [0.1, 0.15) is 11.3 Å². The molecule has 84 valence electrons. The molecule has 5 heteroatoms. The van der Waals surface area contributed by atoms with Crippen LogP contribution in [0, 0.1) is 11.3 Å². The summed E-state index contributed by atoms with van der Waals surface area (Å²) in [5, 5.41) is 8.63. The molecule has 0 N–H and O–H groups in total. The van der Waals surface area contributed by atoms with Gasteiger partial charge in [-0.2, -0.15) is 5.26 Å². The Kier molecular flexibility index (Phi) is 3.68. The second kappa shape index (κ2) is 5.41. The van der Waals surface area contributed by atoms with E-state index in [2.05, 4.69) is 25.9 Å². The van der Waals surface area contributed by atoms with E-state index in [9.17, 15) is 0 Å². The van der Waals surface area contributed by atoms with Crippen molar-refractivity contribution in [3.8, 4) is 11.9 Å². The third-order valence-corrected chi connectivity index (χ3v) is 2.45. The molecule has 0 fully saturated rings. The van der Waals surface area contributed by atoms with Gasteiger partial charge in [0.1, 0.15) is 17.3 Å². The maximum Gasteiger partial charge on any atom is 0.214 e. The Morgan fingerprint density at radius 2 is 2.18 bits per heavy atom. The van der Waals surface area contributed by atoms with Gasteiger partial charge in [-0.25, -0.2) is 4.98 Å². The molecule has 0 aliphatic rings. The predicted octanol–water partition coefficient (Wildman–Crippen LogP) is 2.69. The third-order valence-electron chi connectivity index (χ3n) is 2.01. The van der Waals surface area contributed by atoms with Crippen molar-refractivity contribution in [1.82, 2.24) is 9.97 Å². The van der Waals surface area contributed by atoms with Crippen molar-refractivity contribution in [2.75, 3.05) is 0 Å². The zero-order chi connectivity index (χ0) is 12.1. The van der Waals surface area contributed by atoms with E-state index in [1.165, 1.54) is 6.20 Å². The van der Waals surface area contributed by atoms with Gasteiger partial charge < -0.3 is 4.74 Å². The van der Waals surface area contributed by atoms with Crippen molar-refractivity contribution in [3.63, 3.8) is 0 Å². The summed E-state index contributed by atoms with van der Waals surface area (Å²) in [5.74, 6) is 0.533. The Bertz CT molecular complexity index is 548. The molecule has 0 radical (unpaired) electrons. The maximum atomic E-state index is 8.63. The molecule has 0 atom stereocenters. The molecule has 0 saturated heterocycles. The fraction of sp³-hybridized carbons (Fsp3) is 0.0833. The number of hydrogen-bond donors (Lipinski definition) is 0. The molecule has 17 heavy (non-hydrogen) atoms.